The van der Waals surface area contributed by atoms with Crippen LogP contribution in [0.1, 0.15) is 6.42 Å². The Kier molecular flexibility index (Phi) is 3.12. The first-order valence-electron chi connectivity index (χ1n) is 7.33. The maximum atomic E-state index is 6.02. The Hall–Kier alpha value is -2.67. The third-order valence-corrected chi connectivity index (χ3v) is 3.87. The quantitative estimate of drug-likeness (QED) is 0.671. The molecule has 0 radical (unpaired) electrons. The van der Waals surface area contributed by atoms with Gasteiger partial charge in [0.05, 0.1) is 18.1 Å². The summed E-state index contributed by atoms with van der Waals surface area (Å²) in [4.78, 5) is 13.3. The van der Waals surface area contributed by atoms with Gasteiger partial charge >= 0.3 is 0 Å². The number of imidazole rings is 1. The molecule has 0 aliphatic carbocycles. The van der Waals surface area contributed by atoms with E-state index in [-0.39, 0.29) is 0 Å². The summed E-state index contributed by atoms with van der Waals surface area (Å²) < 4.78 is 1.96. The molecule has 0 unspecified atom stereocenters. The highest BCUT2D eigenvalue weighted by Gasteiger charge is 2.17. The van der Waals surface area contributed by atoms with Crippen molar-refractivity contribution in [2.75, 3.05) is 24.1 Å². The summed E-state index contributed by atoms with van der Waals surface area (Å²) in [6.45, 7) is 1.97. The highest BCUT2D eigenvalue weighted by atomic mass is 15.1. The van der Waals surface area contributed by atoms with Crippen molar-refractivity contribution in [3.05, 3.63) is 36.8 Å². The molecule has 0 spiro atoms. The molecule has 1 fully saturated rings. The third-order valence-electron chi connectivity index (χ3n) is 3.87. The summed E-state index contributed by atoms with van der Waals surface area (Å²) in [5.74, 6) is 1.14. The Labute approximate surface area is 127 Å². The molecule has 0 amide bonds. The van der Waals surface area contributed by atoms with Gasteiger partial charge in [-0.25, -0.2) is 15.0 Å². The van der Waals surface area contributed by atoms with Crippen LogP contribution in [0.15, 0.2) is 36.8 Å². The summed E-state index contributed by atoms with van der Waals surface area (Å²) in [6, 6.07) is 6.23. The second-order valence-corrected chi connectivity index (χ2v) is 5.40. The zero-order valence-electron chi connectivity index (χ0n) is 12.0. The largest absolute Gasteiger partial charge is 0.382 e. The molecule has 1 aliphatic heterocycles. The molecule has 3 aromatic rings. The van der Waals surface area contributed by atoms with Gasteiger partial charge in [-0.2, -0.15) is 0 Å². The summed E-state index contributed by atoms with van der Waals surface area (Å²) in [6.07, 6.45) is 6.48. The average Bonchev–Trinajstić information content (AvgIpc) is 3.19. The highest BCUT2D eigenvalue weighted by Crippen LogP contribution is 2.24. The number of nitrogens with zero attached hydrogens (tertiary/aromatic N) is 4. The highest BCUT2D eigenvalue weighted by molar-refractivity contribution is 5.70. The van der Waals surface area contributed by atoms with Gasteiger partial charge in [-0.1, -0.05) is 6.07 Å². The summed E-state index contributed by atoms with van der Waals surface area (Å²) in [7, 11) is 0. The van der Waals surface area contributed by atoms with Crippen LogP contribution >= 0.6 is 0 Å². The fraction of sp³-hybridized carbons (Fsp3) is 0.267. The lowest BCUT2D eigenvalue weighted by molar-refractivity contribution is 0.787. The number of fused-ring (bicyclic) bond motifs is 1. The van der Waals surface area contributed by atoms with Gasteiger partial charge in [-0.05, 0) is 25.1 Å². The molecule has 7 heteroatoms. The molecular weight excluding hydrogens is 278 g/mol. The number of nitrogens with one attached hydrogen (secondary N) is 2. The predicted octanol–water partition coefficient (Wildman–Crippen LogP) is 1.15. The van der Waals surface area contributed by atoms with Crippen molar-refractivity contribution in [1.82, 2.24) is 24.7 Å². The molecule has 1 aliphatic rings. The number of anilines is 2. The van der Waals surface area contributed by atoms with Crippen LogP contribution in [0.25, 0.3) is 17.0 Å². The molecule has 1 saturated heterocycles. The first-order chi connectivity index (χ1) is 10.8. The van der Waals surface area contributed by atoms with E-state index in [2.05, 4.69) is 25.6 Å². The number of hydrogen-bond acceptors (Lipinski definition) is 6. The topological polar surface area (TPSA) is 93.2 Å². The molecule has 112 valence electrons. The molecule has 3 aromatic heterocycles. The van der Waals surface area contributed by atoms with E-state index < -0.39 is 0 Å². The molecule has 0 aromatic carbocycles. The third kappa shape index (κ3) is 2.25. The zero-order chi connectivity index (χ0) is 14.9. The number of nitrogens with two attached hydrogens (primary N) is 1. The van der Waals surface area contributed by atoms with Crippen molar-refractivity contribution in [3.8, 4) is 11.4 Å². The van der Waals surface area contributed by atoms with Gasteiger partial charge in [-0.3, -0.25) is 4.40 Å². The number of nitrogen functional groups attached to an aromatic ring is 1. The van der Waals surface area contributed by atoms with E-state index in [1.165, 1.54) is 0 Å². The van der Waals surface area contributed by atoms with E-state index in [1.54, 1.807) is 12.4 Å². The SMILES string of the molecule is Nc1ncc(N[C@@H]2CCNC2)nc1-c1cnc2ccccn12. The Morgan fingerprint density at radius 2 is 2.23 bits per heavy atom. The Bertz CT molecular complexity index is 805. The first kappa shape index (κ1) is 13.0. The molecule has 0 saturated carbocycles. The minimum atomic E-state index is 0.382. The van der Waals surface area contributed by atoms with E-state index in [1.807, 2.05) is 28.8 Å². The lowest BCUT2D eigenvalue weighted by Gasteiger charge is -2.13. The van der Waals surface area contributed by atoms with E-state index in [0.29, 0.717) is 17.6 Å². The standard InChI is InChI=1S/C15H17N7/c16-15-14(11-8-18-13-3-1-2-6-22(11)13)21-12(9-19-15)20-10-4-5-17-7-10/h1-3,6,8-10,17H,4-5,7H2,(H2,16,19)(H,20,21)/t10-/m1/s1. The van der Waals surface area contributed by atoms with Crippen LogP contribution in [0.5, 0.6) is 0 Å². The fourth-order valence-corrected chi connectivity index (χ4v) is 2.75. The summed E-state index contributed by atoms with van der Waals surface area (Å²) in [5.41, 5.74) is 8.37. The van der Waals surface area contributed by atoms with E-state index in [9.17, 15) is 0 Å². The number of hydrogen-bond donors (Lipinski definition) is 3. The number of pyridine rings is 1. The maximum Gasteiger partial charge on any atom is 0.151 e. The fourth-order valence-electron chi connectivity index (χ4n) is 2.75. The van der Waals surface area contributed by atoms with Crippen LogP contribution in [0.2, 0.25) is 0 Å². The smallest absolute Gasteiger partial charge is 0.151 e. The van der Waals surface area contributed by atoms with Gasteiger partial charge in [0, 0.05) is 18.8 Å². The van der Waals surface area contributed by atoms with Crippen molar-refractivity contribution in [1.29, 1.82) is 0 Å². The van der Waals surface area contributed by atoms with E-state index in [4.69, 9.17) is 5.73 Å². The van der Waals surface area contributed by atoms with Crippen molar-refractivity contribution >= 4 is 17.3 Å². The minimum Gasteiger partial charge on any atom is -0.382 e. The van der Waals surface area contributed by atoms with Crippen molar-refractivity contribution < 1.29 is 0 Å². The summed E-state index contributed by atoms with van der Waals surface area (Å²) in [5, 5.41) is 6.72. The lowest BCUT2D eigenvalue weighted by atomic mass is 10.2. The van der Waals surface area contributed by atoms with Gasteiger partial charge in [0.25, 0.3) is 0 Å². The van der Waals surface area contributed by atoms with E-state index >= 15 is 0 Å². The second kappa shape index (κ2) is 5.27. The average molecular weight is 295 g/mol. The molecule has 4 N–H and O–H groups in total. The van der Waals surface area contributed by atoms with Crippen LogP contribution in [0.4, 0.5) is 11.6 Å². The van der Waals surface area contributed by atoms with Crippen LogP contribution in [-0.4, -0.2) is 38.5 Å². The Morgan fingerprint density at radius 3 is 3.09 bits per heavy atom. The van der Waals surface area contributed by atoms with Crippen molar-refractivity contribution in [2.45, 2.75) is 12.5 Å². The van der Waals surface area contributed by atoms with Crippen LogP contribution in [0, 0.1) is 0 Å². The Morgan fingerprint density at radius 1 is 1.27 bits per heavy atom. The van der Waals surface area contributed by atoms with Crippen molar-refractivity contribution in [3.63, 3.8) is 0 Å². The van der Waals surface area contributed by atoms with Gasteiger partial charge in [0.2, 0.25) is 0 Å². The predicted molar refractivity (Wildman–Crippen MR) is 85.5 cm³/mol. The van der Waals surface area contributed by atoms with Crippen LogP contribution < -0.4 is 16.4 Å². The van der Waals surface area contributed by atoms with Gasteiger partial charge in [0.1, 0.15) is 17.2 Å². The van der Waals surface area contributed by atoms with Crippen LogP contribution in [-0.2, 0) is 0 Å². The molecule has 1 atom stereocenters. The van der Waals surface area contributed by atoms with Gasteiger partial charge < -0.3 is 16.4 Å². The van der Waals surface area contributed by atoms with Gasteiger partial charge in [-0.15, -0.1) is 0 Å². The zero-order valence-corrected chi connectivity index (χ0v) is 12.0. The molecule has 4 rings (SSSR count). The molecule has 4 heterocycles. The van der Waals surface area contributed by atoms with Gasteiger partial charge in [0.15, 0.2) is 5.82 Å². The maximum absolute atomic E-state index is 6.02. The van der Waals surface area contributed by atoms with E-state index in [0.717, 1.165) is 36.7 Å². The molecule has 0 bridgehead atoms. The molecule has 7 nitrogen and oxygen atoms in total. The van der Waals surface area contributed by atoms with Crippen molar-refractivity contribution in [2.24, 2.45) is 0 Å². The molecular formula is C15H17N7. The minimum absolute atomic E-state index is 0.382. The number of rotatable bonds is 3. The summed E-state index contributed by atoms with van der Waals surface area (Å²) >= 11 is 0. The second-order valence-electron chi connectivity index (χ2n) is 5.40. The molecule has 22 heavy (non-hydrogen) atoms. The monoisotopic (exact) mass is 295 g/mol. The van der Waals surface area contributed by atoms with Crippen LogP contribution in [0.3, 0.4) is 0 Å². The first-order valence-corrected chi connectivity index (χ1v) is 7.33. The Balaban J connectivity index is 1.74. The normalized spacial score (nSPS) is 17.9. The lowest BCUT2D eigenvalue weighted by Crippen LogP contribution is -2.23. The number of aromatic nitrogens is 4.